The lowest BCUT2D eigenvalue weighted by Gasteiger charge is -2.20. The molecular formula is C20H26N2O5. The summed E-state index contributed by atoms with van der Waals surface area (Å²) in [5, 5.41) is 2.97. The first-order valence-electron chi connectivity index (χ1n) is 8.68. The fraction of sp³-hybridized carbons (Fsp3) is 0.400. The summed E-state index contributed by atoms with van der Waals surface area (Å²) >= 11 is 0. The van der Waals surface area contributed by atoms with E-state index < -0.39 is 23.4 Å². The van der Waals surface area contributed by atoms with E-state index >= 15 is 0 Å². The van der Waals surface area contributed by atoms with Gasteiger partial charge in [-0.25, -0.2) is 0 Å². The molecular weight excluding hydrogens is 348 g/mol. The molecule has 0 atom stereocenters. The number of aldehydes is 1. The second-order valence-electron chi connectivity index (χ2n) is 6.72. The van der Waals surface area contributed by atoms with E-state index in [1.54, 1.807) is 52.0 Å². The van der Waals surface area contributed by atoms with Crippen LogP contribution >= 0.6 is 0 Å². The molecule has 1 rings (SSSR count). The molecule has 0 aliphatic heterocycles. The molecule has 7 nitrogen and oxygen atoms in total. The Balaban J connectivity index is 2.85. The average Bonchev–Trinajstić information content (AvgIpc) is 2.61. The molecule has 0 fully saturated rings. The minimum Gasteiger partial charge on any atom is -0.459 e. The van der Waals surface area contributed by atoms with Crippen LogP contribution in [0.5, 0.6) is 0 Å². The van der Waals surface area contributed by atoms with Gasteiger partial charge in [0.15, 0.2) is 0 Å². The maximum Gasteiger partial charge on any atom is 0.325 e. The van der Waals surface area contributed by atoms with Crippen LogP contribution in [0.2, 0.25) is 0 Å². The fourth-order valence-electron chi connectivity index (χ4n) is 2.18. The summed E-state index contributed by atoms with van der Waals surface area (Å²) < 4.78 is 5.24. The normalized spacial score (nSPS) is 11.1. The van der Waals surface area contributed by atoms with Gasteiger partial charge in [0.05, 0.1) is 6.54 Å². The lowest BCUT2D eigenvalue weighted by atomic mass is 10.1. The quantitative estimate of drug-likeness (QED) is 0.427. The topological polar surface area (TPSA) is 92.8 Å². The molecule has 1 aromatic rings. The molecule has 27 heavy (non-hydrogen) atoms. The maximum absolute atomic E-state index is 12.2. The molecule has 0 spiro atoms. The number of imide groups is 1. The van der Waals surface area contributed by atoms with Gasteiger partial charge in [0, 0.05) is 18.2 Å². The highest BCUT2D eigenvalue weighted by Gasteiger charge is 2.18. The molecule has 146 valence electrons. The second-order valence-corrected chi connectivity index (χ2v) is 6.72. The Bertz CT molecular complexity index is 719. The van der Waals surface area contributed by atoms with Gasteiger partial charge in [-0.2, -0.15) is 0 Å². The van der Waals surface area contributed by atoms with Crippen LogP contribution in [0.15, 0.2) is 30.3 Å². The number of rotatable bonds is 8. The molecule has 1 aromatic carbocycles. The van der Waals surface area contributed by atoms with Crippen LogP contribution in [-0.4, -0.2) is 47.7 Å². The Morgan fingerprint density at radius 2 is 1.85 bits per heavy atom. The number of hydrogen-bond donors (Lipinski definition) is 1. The largest absolute Gasteiger partial charge is 0.459 e. The van der Waals surface area contributed by atoms with Crippen molar-refractivity contribution in [1.82, 2.24) is 4.90 Å². The number of anilines is 1. The van der Waals surface area contributed by atoms with E-state index in [1.165, 1.54) is 12.2 Å². The van der Waals surface area contributed by atoms with Gasteiger partial charge in [-0.1, -0.05) is 25.1 Å². The first-order valence-corrected chi connectivity index (χ1v) is 8.68. The summed E-state index contributed by atoms with van der Waals surface area (Å²) in [7, 11) is 0. The Morgan fingerprint density at radius 3 is 2.44 bits per heavy atom. The van der Waals surface area contributed by atoms with Crippen LogP contribution in [0.25, 0.3) is 6.08 Å². The van der Waals surface area contributed by atoms with Crippen molar-refractivity contribution in [2.45, 2.75) is 39.7 Å². The standard InChI is InChI=1S/C20H26N2O5/c1-5-17(24)22(12-13-23)18(25)11-10-15-8-6-7-9-16(15)21-14-19(26)27-20(2,3)4/h6-11,13,21H,5,12,14H2,1-4H3/b11-10+. The molecule has 0 radical (unpaired) electrons. The maximum atomic E-state index is 12.2. The zero-order chi connectivity index (χ0) is 20.4. The van der Waals surface area contributed by atoms with Crippen molar-refractivity contribution in [1.29, 1.82) is 0 Å². The Hall–Kier alpha value is -2.96. The van der Waals surface area contributed by atoms with Crippen molar-refractivity contribution in [3.8, 4) is 0 Å². The molecule has 7 heteroatoms. The van der Waals surface area contributed by atoms with Crippen molar-refractivity contribution >= 4 is 35.8 Å². The molecule has 0 aromatic heterocycles. The van der Waals surface area contributed by atoms with Gasteiger partial charge in [-0.3, -0.25) is 19.3 Å². The number of nitrogens with zero attached hydrogens (tertiary/aromatic N) is 1. The van der Waals surface area contributed by atoms with Gasteiger partial charge < -0.3 is 14.8 Å². The predicted molar refractivity (Wildman–Crippen MR) is 103 cm³/mol. The highest BCUT2D eigenvalue weighted by Crippen LogP contribution is 2.17. The lowest BCUT2D eigenvalue weighted by Crippen LogP contribution is -2.36. The Kier molecular flexibility index (Phi) is 8.38. The zero-order valence-corrected chi connectivity index (χ0v) is 16.2. The van der Waals surface area contributed by atoms with Crippen molar-refractivity contribution in [3.05, 3.63) is 35.9 Å². The monoisotopic (exact) mass is 374 g/mol. The molecule has 0 aliphatic rings. The van der Waals surface area contributed by atoms with Gasteiger partial charge in [-0.15, -0.1) is 0 Å². The highest BCUT2D eigenvalue weighted by atomic mass is 16.6. The van der Waals surface area contributed by atoms with E-state index in [0.29, 0.717) is 17.5 Å². The van der Waals surface area contributed by atoms with Gasteiger partial charge in [-0.05, 0) is 38.5 Å². The third kappa shape index (κ3) is 7.85. The molecule has 0 saturated carbocycles. The van der Waals surface area contributed by atoms with Gasteiger partial charge in [0.1, 0.15) is 18.4 Å². The van der Waals surface area contributed by atoms with Crippen LogP contribution in [-0.2, 0) is 23.9 Å². The van der Waals surface area contributed by atoms with Gasteiger partial charge in [0.2, 0.25) is 5.91 Å². The van der Waals surface area contributed by atoms with Crippen molar-refractivity contribution in [3.63, 3.8) is 0 Å². The minimum atomic E-state index is -0.573. The summed E-state index contributed by atoms with van der Waals surface area (Å²) in [6.45, 7) is 6.67. The molecule has 0 heterocycles. The van der Waals surface area contributed by atoms with Crippen LogP contribution in [0, 0.1) is 0 Å². The van der Waals surface area contributed by atoms with Crippen molar-refractivity contribution in [2.24, 2.45) is 0 Å². The summed E-state index contributed by atoms with van der Waals surface area (Å²) in [5.74, 6) is -1.40. The van der Waals surface area contributed by atoms with E-state index in [-0.39, 0.29) is 19.5 Å². The first kappa shape index (κ1) is 22.1. The van der Waals surface area contributed by atoms with Gasteiger partial charge >= 0.3 is 5.97 Å². The molecule has 0 unspecified atom stereocenters. The number of carbonyl (C=O) groups excluding carboxylic acids is 4. The van der Waals surface area contributed by atoms with Crippen molar-refractivity contribution < 1.29 is 23.9 Å². The molecule has 0 bridgehead atoms. The molecule has 0 saturated heterocycles. The fourth-order valence-corrected chi connectivity index (χ4v) is 2.18. The lowest BCUT2D eigenvalue weighted by molar-refractivity contribution is -0.152. The SMILES string of the molecule is CCC(=O)N(CC=O)C(=O)/C=C/c1ccccc1NCC(=O)OC(C)(C)C. The Labute approximate surface area is 159 Å². The number of esters is 1. The Morgan fingerprint density at radius 1 is 1.19 bits per heavy atom. The molecule has 2 amide bonds. The number of benzene rings is 1. The number of ether oxygens (including phenoxy) is 1. The minimum absolute atomic E-state index is 0.0261. The highest BCUT2D eigenvalue weighted by molar-refractivity contribution is 6.04. The number of para-hydroxylation sites is 1. The van der Waals surface area contributed by atoms with E-state index in [4.69, 9.17) is 4.74 Å². The summed E-state index contributed by atoms with van der Waals surface area (Å²) in [6.07, 6.45) is 3.39. The van der Waals surface area contributed by atoms with E-state index in [1.807, 2.05) is 0 Å². The second kappa shape index (κ2) is 10.3. The van der Waals surface area contributed by atoms with E-state index in [9.17, 15) is 19.2 Å². The van der Waals surface area contributed by atoms with Crippen LogP contribution in [0.3, 0.4) is 0 Å². The third-order valence-corrected chi connectivity index (χ3v) is 3.34. The third-order valence-electron chi connectivity index (χ3n) is 3.34. The summed E-state index contributed by atoms with van der Waals surface area (Å²) in [6, 6.07) is 7.08. The summed E-state index contributed by atoms with van der Waals surface area (Å²) in [4.78, 5) is 47.4. The number of amides is 2. The van der Waals surface area contributed by atoms with Crippen LogP contribution in [0.1, 0.15) is 39.7 Å². The van der Waals surface area contributed by atoms with E-state index in [2.05, 4.69) is 5.32 Å². The number of hydrogen-bond acceptors (Lipinski definition) is 6. The number of nitrogens with one attached hydrogen (secondary N) is 1. The van der Waals surface area contributed by atoms with Crippen LogP contribution in [0.4, 0.5) is 5.69 Å². The zero-order valence-electron chi connectivity index (χ0n) is 16.2. The predicted octanol–water partition coefficient (Wildman–Crippen LogP) is 2.42. The first-order chi connectivity index (χ1) is 12.7. The van der Waals surface area contributed by atoms with E-state index in [0.717, 1.165) is 4.90 Å². The van der Waals surface area contributed by atoms with Crippen LogP contribution < -0.4 is 5.32 Å². The smallest absolute Gasteiger partial charge is 0.325 e. The summed E-state index contributed by atoms with van der Waals surface area (Å²) in [5.41, 5.74) is 0.721. The molecule has 0 aliphatic carbocycles. The average molecular weight is 374 g/mol. The van der Waals surface area contributed by atoms with Gasteiger partial charge in [0.25, 0.3) is 5.91 Å². The number of carbonyl (C=O) groups is 4. The van der Waals surface area contributed by atoms with Crippen molar-refractivity contribution in [2.75, 3.05) is 18.4 Å². The molecule has 1 N–H and O–H groups in total.